The van der Waals surface area contributed by atoms with Crippen molar-refractivity contribution in [3.8, 4) is 0 Å². The monoisotopic (exact) mass is 429 g/mol. The minimum atomic E-state index is -1.18. The summed E-state index contributed by atoms with van der Waals surface area (Å²) in [7, 11) is 1.26. The maximum atomic E-state index is 12.7. The molecule has 0 spiro atoms. The van der Waals surface area contributed by atoms with E-state index < -0.39 is 29.3 Å². The topological polar surface area (TPSA) is 165 Å². The third kappa shape index (κ3) is 5.36. The van der Waals surface area contributed by atoms with E-state index in [1.165, 1.54) is 30.3 Å². The number of aromatic nitrogens is 1. The number of oxime groups is 1. The summed E-state index contributed by atoms with van der Waals surface area (Å²) in [6.07, 6.45) is 1.48. The first-order chi connectivity index (χ1) is 13.4. The average molecular weight is 429 g/mol. The van der Waals surface area contributed by atoms with E-state index in [0.717, 1.165) is 11.3 Å². The summed E-state index contributed by atoms with van der Waals surface area (Å²) in [6, 6.07) is -1.18. The zero-order chi connectivity index (χ0) is 20.7. The van der Waals surface area contributed by atoms with Gasteiger partial charge in [-0.25, -0.2) is 14.6 Å². The van der Waals surface area contributed by atoms with Crippen LogP contribution in [0.4, 0.5) is 5.13 Å². The number of hydrogen-bond acceptors (Lipinski definition) is 11. The molecule has 0 bridgehead atoms. The van der Waals surface area contributed by atoms with Crippen molar-refractivity contribution in [3.63, 3.8) is 0 Å². The highest BCUT2D eigenvalue weighted by atomic mass is 32.2. The first-order valence-corrected chi connectivity index (χ1v) is 9.91. The van der Waals surface area contributed by atoms with E-state index in [1.807, 2.05) is 0 Å². The fraction of sp³-hybridized carbons (Fsp3) is 0.400. The molecule has 0 aliphatic carbocycles. The second-order valence-electron chi connectivity index (χ2n) is 5.22. The molecule has 2 heterocycles. The Morgan fingerprint density at radius 2 is 2.29 bits per heavy atom. The molecule has 0 saturated carbocycles. The van der Waals surface area contributed by atoms with Crippen molar-refractivity contribution < 1.29 is 29.1 Å². The van der Waals surface area contributed by atoms with E-state index in [-0.39, 0.29) is 28.8 Å². The van der Waals surface area contributed by atoms with E-state index in [9.17, 15) is 19.5 Å². The van der Waals surface area contributed by atoms with Crippen molar-refractivity contribution in [1.82, 2.24) is 15.6 Å². The number of amides is 1. The number of hydrogen-bond donors (Lipinski definition) is 4. The Balaban J connectivity index is 2.25. The van der Waals surface area contributed by atoms with Crippen LogP contribution in [0.15, 0.2) is 22.3 Å². The molecule has 1 aliphatic rings. The van der Waals surface area contributed by atoms with Gasteiger partial charge in [0.15, 0.2) is 16.9 Å². The number of carboxylic acid groups (broad SMARTS) is 1. The second-order valence-corrected chi connectivity index (χ2v) is 7.28. The Hall–Kier alpha value is -2.80. The number of nitrogens with two attached hydrogens (primary N) is 1. The number of nitrogen functional groups attached to an aromatic ring is 1. The largest absolute Gasteiger partial charge is 0.477 e. The number of thiazole rings is 1. The zero-order valence-corrected chi connectivity index (χ0v) is 16.6. The number of nitrogens with zero attached hydrogens (tertiary/aromatic N) is 2. The molecule has 2 rings (SSSR count). The number of carboxylic acids is 1. The van der Waals surface area contributed by atoms with Gasteiger partial charge in [0.25, 0.3) is 5.91 Å². The lowest BCUT2D eigenvalue weighted by Gasteiger charge is -2.29. The van der Waals surface area contributed by atoms with Crippen LogP contribution in [-0.4, -0.2) is 64.5 Å². The number of carbonyl (C=O) groups excluding carboxylic acids is 2. The predicted molar refractivity (Wildman–Crippen MR) is 104 cm³/mol. The standard InChI is InChI=1S/C15H19N5O6S2/c1-3-26-14(24)10(12-17-7(13(22)23)4-5-27-12)19-11(21)9(20-25-2)8-6-28-15(16)18-8/h4,6,10,12,17H,3,5H2,1-2H3,(H2,16,18)(H,19,21)(H,22,23)/b20-9-. The summed E-state index contributed by atoms with van der Waals surface area (Å²) in [6.45, 7) is 1.71. The molecule has 28 heavy (non-hydrogen) atoms. The number of esters is 1. The second kappa shape index (κ2) is 9.94. The van der Waals surface area contributed by atoms with Crippen molar-refractivity contribution in [3.05, 3.63) is 22.8 Å². The molecule has 2 atom stereocenters. The Morgan fingerprint density at radius 3 is 2.86 bits per heavy atom. The highest BCUT2D eigenvalue weighted by Crippen LogP contribution is 2.21. The minimum Gasteiger partial charge on any atom is -0.477 e. The van der Waals surface area contributed by atoms with E-state index in [4.69, 9.17) is 15.3 Å². The van der Waals surface area contributed by atoms with Gasteiger partial charge in [-0.15, -0.1) is 23.1 Å². The molecule has 2 unspecified atom stereocenters. The van der Waals surface area contributed by atoms with Crippen molar-refractivity contribution in [2.75, 3.05) is 25.2 Å². The highest BCUT2D eigenvalue weighted by molar-refractivity contribution is 8.00. The fourth-order valence-corrected chi connectivity index (χ4v) is 3.81. The third-order valence-electron chi connectivity index (χ3n) is 3.38. The molecule has 152 valence electrons. The van der Waals surface area contributed by atoms with E-state index in [1.54, 1.807) is 6.92 Å². The minimum absolute atomic E-state index is 0.0645. The van der Waals surface area contributed by atoms with E-state index in [0.29, 0.717) is 5.75 Å². The summed E-state index contributed by atoms with van der Waals surface area (Å²) in [5, 5.41) is 19.1. The first-order valence-electron chi connectivity index (χ1n) is 7.99. The van der Waals surface area contributed by atoms with Gasteiger partial charge < -0.3 is 31.0 Å². The molecule has 0 radical (unpaired) electrons. The Labute approximate surface area is 168 Å². The van der Waals surface area contributed by atoms with Crippen LogP contribution in [0.2, 0.25) is 0 Å². The molecular formula is C15H19N5O6S2. The van der Waals surface area contributed by atoms with Crippen LogP contribution < -0.4 is 16.4 Å². The van der Waals surface area contributed by atoms with Gasteiger partial charge in [0.1, 0.15) is 23.9 Å². The van der Waals surface area contributed by atoms with Gasteiger partial charge in [-0.1, -0.05) is 5.16 Å². The van der Waals surface area contributed by atoms with Crippen molar-refractivity contribution in [2.24, 2.45) is 5.16 Å². The quantitative estimate of drug-likeness (QED) is 0.246. The number of thioether (sulfide) groups is 1. The maximum Gasteiger partial charge on any atom is 0.351 e. The molecule has 1 aromatic rings. The fourth-order valence-electron chi connectivity index (χ4n) is 2.21. The lowest BCUT2D eigenvalue weighted by molar-refractivity contribution is -0.147. The maximum absolute atomic E-state index is 12.7. The Morgan fingerprint density at radius 1 is 1.54 bits per heavy atom. The molecule has 1 aliphatic heterocycles. The molecule has 11 nitrogen and oxygen atoms in total. The number of aliphatic carboxylic acids is 1. The number of nitrogens with one attached hydrogen (secondary N) is 2. The van der Waals surface area contributed by atoms with E-state index >= 15 is 0 Å². The van der Waals surface area contributed by atoms with Crippen LogP contribution in [0.25, 0.3) is 0 Å². The number of carbonyl (C=O) groups is 3. The van der Waals surface area contributed by atoms with Crippen LogP contribution >= 0.6 is 23.1 Å². The van der Waals surface area contributed by atoms with Crippen LogP contribution in [0.1, 0.15) is 12.6 Å². The molecule has 0 aromatic carbocycles. The van der Waals surface area contributed by atoms with Gasteiger partial charge in [0.05, 0.1) is 6.61 Å². The normalized spacial score (nSPS) is 17.7. The predicted octanol–water partition coefficient (Wildman–Crippen LogP) is -0.245. The summed E-state index contributed by atoms with van der Waals surface area (Å²) in [5.41, 5.74) is 5.53. The molecule has 1 aromatic heterocycles. The van der Waals surface area contributed by atoms with Gasteiger partial charge >= 0.3 is 11.9 Å². The molecule has 0 saturated heterocycles. The van der Waals surface area contributed by atoms with Gasteiger partial charge in [0, 0.05) is 11.1 Å². The number of ether oxygens (including phenoxy) is 1. The van der Waals surface area contributed by atoms with Gasteiger partial charge in [-0.05, 0) is 13.0 Å². The lowest BCUT2D eigenvalue weighted by atomic mass is 10.2. The van der Waals surface area contributed by atoms with Crippen LogP contribution in [0, 0.1) is 0 Å². The SMILES string of the molecule is CCOC(=O)C(NC(=O)/C(=N\OC)c1csc(N)n1)C1NC(C(=O)O)=CCS1. The lowest BCUT2D eigenvalue weighted by Crippen LogP contribution is -2.56. The first kappa shape index (κ1) is 21.5. The molecule has 13 heteroatoms. The number of anilines is 1. The van der Waals surface area contributed by atoms with Gasteiger partial charge in [-0.2, -0.15) is 0 Å². The zero-order valence-electron chi connectivity index (χ0n) is 15.0. The number of rotatable bonds is 8. The smallest absolute Gasteiger partial charge is 0.351 e. The summed E-state index contributed by atoms with van der Waals surface area (Å²) < 4.78 is 5.02. The van der Waals surface area contributed by atoms with Crippen LogP contribution in [0.5, 0.6) is 0 Å². The average Bonchev–Trinajstić information content (AvgIpc) is 3.10. The highest BCUT2D eigenvalue weighted by Gasteiger charge is 2.36. The summed E-state index contributed by atoms with van der Waals surface area (Å²) in [4.78, 5) is 45.1. The molecule has 5 N–H and O–H groups in total. The third-order valence-corrected chi connectivity index (χ3v) is 5.17. The van der Waals surface area contributed by atoms with Gasteiger partial charge in [0.2, 0.25) is 0 Å². The van der Waals surface area contributed by atoms with E-state index in [2.05, 4.69) is 20.8 Å². The van der Waals surface area contributed by atoms with Gasteiger partial charge in [-0.3, -0.25) is 4.79 Å². The molecular weight excluding hydrogens is 410 g/mol. The summed E-state index contributed by atoms with van der Waals surface area (Å²) >= 11 is 2.35. The molecule has 1 amide bonds. The Bertz CT molecular complexity index is 809. The van der Waals surface area contributed by atoms with Crippen molar-refractivity contribution in [1.29, 1.82) is 0 Å². The van der Waals surface area contributed by atoms with Crippen molar-refractivity contribution in [2.45, 2.75) is 18.3 Å². The van der Waals surface area contributed by atoms with Crippen LogP contribution in [-0.2, 0) is 24.0 Å². The van der Waals surface area contributed by atoms with Crippen molar-refractivity contribution >= 4 is 51.8 Å². The molecule has 0 fully saturated rings. The summed E-state index contributed by atoms with van der Waals surface area (Å²) in [5.74, 6) is -2.30. The Kier molecular flexibility index (Phi) is 7.63. The van der Waals surface area contributed by atoms with Crippen LogP contribution in [0.3, 0.4) is 0 Å².